The number of hydrogen-bond donors (Lipinski definition) is 2. The van der Waals surface area contributed by atoms with Crippen molar-refractivity contribution in [3.63, 3.8) is 0 Å². The summed E-state index contributed by atoms with van der Waals surface area (Å²) in [6, 6.07) is 7.25. The van der Waals surface area contributed by atoms with Gasteiger partial charge < -0.3 is 14.0 Å². The zero-order valence-electron chi connectivity index (χ0n) is 15.6. The van der Waals surface area contributed by atoms with Gasteiger partial charge in [0, 0.05) is 17.6 Å². The number of benzene rings is 1. The van der Waals surface area contributed by atoms with Crippen LogP contribution in [0.25, 0.3) is 0 Å². The average molecular weight is 382 g/mol. The normalized spacial score (nSPS) is 11.9. The molecule has 2 N–H and O–H groups in total. The van der Waals surface area contributed by atoms with Crippen LogP contribution >= 0.6 is 12.0 Å². The van der Waals surface area contributed by atoms with Crippen LogP contribution in [0.4, 0.5) is 0 Å². The number of hydrogen-bond acceptors (Lipinski definition) is 6. The molecule has 0 saturated heterocycles. The van der Waals surface area contributed by atoms with E-state index in [0.29, 0.717) is 24.5 Å². The van der Waals surface area contributed by atoms with E-state index >= 15 is 0 Å². The lowest BCUT2D eigenvalue weighted by molar-refractivity contribution is -0.137. The first-order valence-electron chi connectivity index (χ1n) is 8.23. The van der Waals surface area contributed by atoms with Crippen LogP contribution in [0.2, 0.25) is 0 Å². The number of carboxylic acid groups (broad SMARTS) is 1. The first-order valence-corrected chi connectivity index (χ1v) is 8.97. The molecule has 0 fully saturated rings. The van der Waals surface area contributed by atoms with Crippen LogP contribution in [-0.4, -0.2) is 41.2 Å². The number of hydrazone groups is 1. The Balaban J connectivity index is 2.51. The fourth-order valence-corrected chi connectivity index (χ4v) is 2.74. The molecule has 1 rings (SSSR count). The van der Waals surface area contributed by atoms with Crippen molar-refractivity contribution in [2.24, 2.45) is 5.10 Å². The van der Waals surface area contributed by atoms with Gasteiger partial charge in [-0.2, -0.15) is 5.10 Å². The zero-order chi connectivity index (χ0) is 19.6. The lowest BCUT2D eigenvalue weighted by atomic mass is 10.1. The summed E-state index contributed by atoms with van der Waals surface area (Å²) < 4.78 is 10.2. The van der Waals surface area contributed by atoms with E-state index in [1.807, 2.05) is 26.0 Å². The van der Waals surface area contributed by atoms with Crippen LogP contribution in [0, 0.1) is 0 Å². The maximum Gasteiger partial charge on any atom is 0.303 e. The fraction of sp³-hybridized carbons (Fsp3) is 0.500. The molecule has 0 atom stereocenters. The number of carbonyl (C=O) groups is 2. The number of aliphatic carboxylic acids is 1. The average Bonchev–Trinajstić information content (AvgIpc) is 2.56. The molecular weight excluding hydrogens is 356 g/mol. The first-order chi connectivity index (χ1) is 12.2. The van der Waals surface area contributed by atoms with Gasteiger partial charge in [0.25, 0.3) is 0 Å². The Morgan fingerprint density at radius 1 is 1.27 bits per heavy atom. The SMILES string of the molecule is COSC(C)(C)CC(=O)N/N=C(\C)c1ccc(OCCCC(=O)O)cc1. The molecule has 0 aliphatic heterocycles. The summed E-state index contributed by atoms with van der Waals surface area (Å²) in [4.78, 5) is 22.4. The Hall–Kier alpha value is -2.06. The third-order valence-corrected chi connectivity index (χ3v) is 4.08. The molecule has 1 aromatic carbocycles. The van der Waals surface area contributed by atoms with E-state index < -0.39 is 5.97 Å². The molecule has 0 aliphatic carbocycles. The standard InChI is InChI=1S/C18H26N2O5S/c1-13(19-20-16(21)12-18(2,3)26-24-4)14-7-9-15(10-8-14)25-11-5-6-17(22)23/h7-10H,5-6,11-12H2,1-4H3,(H,20,21)(H,22,23)/b19-13+. The monoisotopic (exact) mass is 382 g/mol. The number of rotatable bonds is 11. The highest BCUT2D eigenvalue weighted by Gasteiger charge is 2.23. The summed E-state index contributed by atoms with van der Waals surface area (Å²) in [5, 5.41) is 12.7. The number of carboxylic acids is 1. The van der Waals surface area contributed by atoms with Crippen LogP contribution in [0.5, 0.6) is 5.75 Å². The molecule has 8 heteroatoms. The third kappa shape index (κ3) is 8.87. The molecule has 0 unspecified atom stereocenters. The quantitative estimate of drug-likeness (QED) is 0.264. The second kappa shape index (κ2) is 10.8. The Morgan fingerprint density at radius 3 is 2.50 bits per heavy atom. The molecular formula is C18H26N2O5S. The molecule has 26 heavy (non-hydrogen) atoms. The number of amides is 1. The van der Waals surface area contributed by atoms with Crippen LogP contribution in [0.3, 0.4) is 0 Å². The van der Waals surface area contributed by atoms with Gasteiger partial charge in [-0.25, -0.2) is 5.43 Å². The summed E-state index contributed by atoms with van der Waals surface area (Å²) in [6.07, 6.45) is 0.829. The number of nitrogens with one attached hydrogen (secondary N) is 1. The van der Waals surface area contributed by atoms with Gasteiger partial charge in [0.15, 0.2) is 0 Å². The highest BCUT2D eigenvalue weighted by Crippen LogP contribution is 2.27. The predicted octanol–water partition coefficient (Wildman–Crippen LogP) is 3.23. The van der Waals surface area contributed by atoms with Gasteiger partial charge in [0.1, 0.15) is 5.75 Å². The second-order valence-electron chi connectivity index (χ2n) is 6.29. The van der Waals surface area contributed by atoms with Gasteiger partial charge in [-0.1, -0.05) is 0 Å². The van der Waals surface area contributed by atoms with Gasteiger partial charge in [0.2, 0.25) is 5.91 Å². The van der Waals surface area contributed by atoms with Crippen LogP contribution in [-0.2, 0) is 13.8 Å². The van der Waals surface area contributed by atoms with E-state index in [0.717, 1.165) is 5.56 Å². The van der Waals surface area contributed by atoms with Gasteiger partial charge in [-0.3, -0.25) is 9.59 Å². The van der Waals surface area contributed by atoms with Crippen LogP contribution < -0.4 is 10.2 Å². The van der Waals surface area contributed by atoms with Crippen molar-refractivity contribution >= 4 is 29.6 Å². The fourth-order valence-electron chi connectivity index (χ4n) is 2.10. The van der Waals surface area contributed by atoms with E-state index in [-0.39, 0.29) is 23.5 Å². The molecule has 0 spiro atoms. The van der Waals surface area contributed by atoms with Gasteiger partial charge in [0.05, 0.1) is 19.4 Å². The van der Waals surface area contributed by atoms with Crippen molar-refractivity contribution in [1.82, 2.24) is 5.43 Å². The lowest BCUT2D eigenvalue weighted by Crippen LogP contribution is -2.28. The van der Waals surface area contributed by atoms with E-state index in [2.05, 4.69) is 10.5 Å². The minimum absolute atomic E-state index is 0.0865. The maximum absolute atomic E-state index is 12.0. The maximum atomic E-state index is 12.0. The number of nitrogens with zero attached hydrogens (tertiary/aromatic N) is 1. The highest BCUT2D eigenvalue weighted by atomic mass is 32.2. The van der Waals surface area contributed by atoms with E-state index in [1.165, 1.54) is 12.0 Å². The van der Waals surface area contributed by atoms with E-state index in [1.54, 1.807) is 26.2 Å². The Labute approximate surface area is 158 Å². The zero-order valence-corrected chi connectivity index (χ0v) is 16.4. The van der Waals surface area contributed by atoms with Crippen molar-refractivity contribution in [3.8, 4) is 5.75 Å². The topological polar surface area (TPSA) is 97.2 Å². The first kappa shape index (κ1) is 22.0. The van der Waals surface area contributed by atoms with Gasteiger partial charge in [-0.15, -0.1) is 0 Å². The summed E-state index contributed by atoms with van der Waals surface area (Å²) >= 11 is 1.25. The summed E-state index contributed by atoms with van der Waals surface area (Å²) in [5.41, 5.74) is 4.09. The molecule has 0 aliphatic rings. The molecule has 7 nitrogen and oxygen atoms in total. The summed E-state index contributed by atoms with van der Waals surface area (Å²) in [5.74, 6) is -0.353. The number of ether oxygens (including phenoxy) is 1. The minimum atomic E-state index is -0.831. The summed E-state index contributed by atoms with van der Waals surface area (Å²) in [7, 11) is 1.58. The number of carbonyl (C=O) groups excluding carboxylic acids is 1. The molecule has 1 amide bonds. The Bertz CT molecular complexity index is 629. The molecule has 0 saturated carbocycles. The van der Waals surface area contributed by atoms with Gasteiger partial charge >= 0.3 is 5.97 Å². The lowest BCUT2D eigenvalue weighted by Gasteiger charge is -2.20. The molecule has 0 heterocycles. The van der Waals surface area contributed by atoms with E-state index in [9.17, 15) is 9.59 Å². The third-order valence-electron chi connectivity index (χ3n) is 3.32. The highest BCUT2D eigenvalue weighted by molar-refractivity contribution is 7.96. The van der Waals surface area contributed by atoms with Crippen molar-refractivity contribution < 1.29 is 23.6 Å². The molecule has 0 radical (unpaired) electrons. The predicted molar refractivity (Wildman–Crippen MR) is 102 cm³/mol. The van der Waals surface area contributed by atoms with Crippen LogP contribution in [0.1, 0.15) is 45.6 Å². The van der Waals surface area contributed by atoms with Crippen molar-refractivity contribution in [2.45, 2.75) is 44.8 Å². The Kier molecular flexibility index (Phi) is 9.15. The molecule has 144 valence electrons. The molecule has 1 aromatic rings. The summed E-state index contributed by atoms with van der Waals surface area (Å²) in [6.45, 7) is 6.00. The minimum Gasteiger partial charge on any atom is -0.494 e. The smallest absolute Gasteiger partial charge is 0.303 e. The molecule has 0 aromatic heterocycles. The second-order valence-corrected chi connectivity index (χ2v) is 7.89. The largest absolute Gasteiger partial charge is 0.494 e. The van der Waals surface area contributed by atoms with Crippen molar-refractivity contribution in [3.05, 3.63) is 29.8 Å². The molecule has 0 bridgehead atoms. The Morgan fingerprint density at radius 2 is 1.92 bits per heavy atom. The van der Waals surface area contributed by atoms with E-state index in [4.69, 9.17) is 14.0 Å². The van der Waals surface area contributed by atoms with Crippen LogP contribution in [0.15, 0.2) is 29.4 Å². The van der Waals surface area contributed by atoms with Crippen molar-refractivity contribution in [2.75, 3.05) is 13.7 Å². The van der Waals surface area contributed by atoms with Crippen molar-refractivity contribution in [1.29, 1.82) is 0 Å². The van der Waals surface area contributed by atoms with Gasteiger partial charge in [-0.05, 0) is 69.1 Å².